The van der Waals surface area contributed by atoms with Gasteiger partial charge in [-0.2, -0.15) is 0 Å². The molecule has 0 bridgehead atoms. The number of morpholine rings is 1. The summed E-state index contributed by atoms with van der Waals surface area (Å²) in [5, 5.41) is 9.28. The minimum atomic E-state index is 0.0224. The lowest BCUT2D eigenvalue weighted by molar-refractivity contribution is 0.0321. The first-order valence-electron chi connectivity index (χ1n) is 6.43. The van der Waals surface area contributed by atoms with E-state index in [2.05, 4.69) is 4.90 Å². The van der Waals surface area contributed by atoms with Crippen molar-refractivity contribution in [3.8, 4) is 5.75 Å². The molecular weight excluding hydrogens is 230 g/mol. The molecule has 1 aromatic rings. The first-order valence-corrected chi connectivity index (χ1v) is 6.43. The van der Waals surface area contributed by atoms with Crippen LogP contribution in [0.4, 0.5) is 0 Å². The van der Waals surface area contributed by atoms with E-state index in [4.69, 9.17) is 9.47 Å². The number of nitrogens with zero attached hydrogens (tertiary/aromatic N) is 1. The summed E-state index contributed by atoms with van der Waals surface area (Å²) < 4.78 is 11.0. The van der Waals surface area contributed by atoms with Gasteiger partial charge in [0.15, 0.2) is 0 Å². The molecule has 0 atom stereocenters. The third kappa shape index (κ3) is 3.70. The zero-order chi connectivity index (χ0) is 12.8. The van der Waals surface area contributed by atoms with E-state index in [-0.39, 0.29) is 6.61 Å². The normalized spacial score (nSPS) is 16.8. The van der Waals surface area contributed by atoms with Crippen LogP contribution in [-0.2, 0) is 11.3 Å². The number of benzene rings is 1. The Kier molecular flexibility index (Phi) is 4.99. The summed E-state index contributed by atoms with van der Waals surface area (Å²) in [5.41, 5.74) is 2.00. The van der Waals surface area contributed by atoms with Gasteiger partial charge in [-0.1, -0.05) is 17.7 Å². The van der Waals surface area contributed by atoms with E-state index in [1.165, 1.54) is 0 Å². The van der Waals surface area contributed by atoms with Gasteiger partial charge in [-0.3, -0.25) is 4.90 Å². The highest BCUT2D eigenvalue weighted by molar-refractivity contribution is 5.36. The third-order valence-electron chi connectivity index (χ3n) is 3.16. The lowest BCUT2D eigenvalue weighted by Crippen LogP contribution is -2.38. The summed E-state index contributed by atoms with van der Waals surface area (Å²) in [4.78, 5) is 2.33. The van der Waals surface area contributed by atoms with Crippen molar-refractivity contribution < 1.29 is 14.6 Å². The second-order valence-corrected chi connectivity index (χ2v) is 4.57. The van der Waals surface area contributed by atoms with E-state index >= 15 is 0 Å². The van der Waals surface area contributed by atoms with Gasteiger partial charge >= 0.3 is 0 Å². The van der Waals surface area contributed by atoms with Crippen molar-refractivity contribution in [2.45, 2.75) is 13.5 Å². The van der Waals surface area contributed by atoms with Crippen molar-refractivity contribution in [2.24, 2.45) is 0 Å². The van der Waals surface area contributed by atoms with E-state index in [0.717, 1.165) is 49.7 Å². The fraction of sp³-hybridized carbons (Fsp3) is 0.571. The molecule has 1 aliphatic heterocycles. The molecule has 0 spiro atoms. The quantitative estimate of drug-likeness (QED) is 0.854. The van der Waals surface area contributed by atoms with Crippen molar-refractivity contribution in [3.63, 3.8) is 0 Å². The first-order chi connectivity index (χ1) is 8.79. The minimum Gasteiger partial charge on any atom is -0.492 e. The topological polar surface area (TPSA) is 41.9 Å². The predicted molar refractivity (Wildman–Crippen MR) is 69.9 cm³/mol. The Morgan fingerprint density at radius 3 is 2.83 bits per heavy atom. The number of aliphatic hydroxyl groups is 1. The van der Waals surface area contributed by atoms with Gasteiger partial charge in [0.25, 0.3) is 0 Å². The van der Waals surface area contributed by atoms with Gasteiger partial charge in [-0.15, -0.1) is 0 Å². The Balaban J connectivity index is 1.82. The highest BCUT2D eigenvalue weighted by Gasteiger charge is 2.10. The second kappa shape index (κ2) is 6.73. The first kappa shape index (κ1) is 13.3. The molecule has 18 heavy (non-hydrogen) atoms. The maximum absolute atomic E-state index is 9.28. The van der Waals surface area contributed by atoms with Crippen molar-refractivity contribution in [1.29, 1.82) is 0 Å². The van der Waals surface area contributed by atoms with Crippen LogP contribution in [0.15, 0.2) is 18.2 Å². The molecule has 0 saturated carbocycles. The summed E-state index contributed by atoms with van der Waals surface area (Å²) in [6, 6.07) is 5.90. The van der Waals surface area contributed by atoms with Gasteiger partial charge < -0.3 is 14.6 Å². The largest absolute Gasteiger partial charge is 0.492 e. The van der Waals surface area contributed by atoms with E-state index in [1.807, 2.05) is 25.1 Å². The molecule has 1 fully saturated rings. The lowest BCUT2D eigenvalue weighted by atomic mass is 10.1. The van der Waals surface area contributed by atoms with Gasteiger partial charge in [0, 0.05) is 25.2 Å². The molecule has 1 heterocycles. The molecule has 0 aromatic heterocycles. The fourth-order valence-electron chi connectivity index (χ4n) is 2.08. The van der Waals surface area contributed by atoms with Crippen LogP contribution in [0.5, 0.6) is 5.75 Å². The summed E-state index contributed by atoms with van der Waals surface area (Å²) in [7, 11) is 0. The van der Waals surface area contributed by atoms with Gasteiger partial charge in [0.2, 0.25) is 0 Å². The van der Waals surface area contributed by atoms with Crippen LogP contribution in [0.1, 0.15) is 11.1 Å². The molecule has 1 saturated heterocycles. The highest BCUT2D eigenvalue weighted by atomic mass is 16.5. The fourth-order valence-corrected chi connectivity index (χ4v) is 2.08. The average molecular weight is 251 g/mol. The zero-order valence-corrected chi connectivity index (χ0v) is 10.9. The van der Waals surface area contributed by atoms with Crippen LogP contribution in [0.2, 0.25) is 0 Å². The van der Waals surface area contributed by atoms with Crippen LogP contribution in [0.25, 0.3) is 0 Å². The van der Waals surface area contributed by atoms with Crippen molar-refractivity contribution >= 4 is 0 Å². The Morgan fingerprint density at radius 2 is 2.11 bits per heavy atom. The van der Waals surface area contributed by atoms with E-state index in [1.54, 1.807) is 0 Å². The van der Waals surface area contributed by atoms with E-state index < -0.39 is 0 Å². The number of rotatable bonds is 5. The summed E-state index contributed by atoms with van der Waals surface area (Å²) in [5.74, 6) is 0.788. The van der Waals surface area contributed by atoms with Crippen LogP contribution in [0.3, 0.4) is 0 Å². The van der Waals surface area contributed by atoms with E-state index in [9.17, 15) is 5.11 Å². The smallest absolute Gasteiger partial charge is 0.124 e. The number of aryl methyl sites for hydroxylation is 1. The molecular formula is C14H21NO3. The zero-order valence-electron chi connectivity index (χ0n) is 10.9. The Hall–Kier alpha value is -1.10. The molecule has 1 aliphatic rings. The molecule has 0 radical (unpaired) electrons. The molecule has 100 valence electrons. The maximum atomic E-state index is 9.28. The summed E-state index contributed by atoms with van der Waals surface area (Å²) in [6.07, 6.45) is 0. The van der Waals surface area contributed by atoms with Crippen molar-refractivity contribution in [1.82, 2.24) is 4.90 Å². The lowest BCUT2D eigenvalue weighted by Gasteiger charge is -2.26. The summed E-state index contributed by atoms with van der Waals surface area (Å²) >= 11 is 0. The average Bonchev–Trinajstić information content (AvgIpc) is 2.41. The number of hydrogen-bond donors (Lipinski definition) is 1. The standard InChI is InChI=1S/C14H21NO3/c1-12-2-3-14(13(10-12)11-16)18-9-6-15-4-7-17-8-5-15/h2-3,10,16H,4-9,11H2,1H3. The SMILES string of the molecule is Cc1ccc(OCCN2CCOCC2)c(CO)c1. The molecule has 4 nitrogen and oxygen atoms in total. The molecule has 0 unspecified atom stereocenters. The van der Waals surface area contributed by atoms with Crippen LogP contribution in [-0.4, -0.2) is 49.5 Å². The third-order valence-corrected chi connectivity index (χ3v) is 3.16. The Labute approximate surface area is 108 Å². The number of aliphatic hydroxyl groups excluding tert-OH is 1. The second-order valence-electron chi connectivity index (χ2n) is 4.57. The predicted octanol–water partition coefficient (Wildman–Crippen LogP) is 1.20. The monoisotopic (exact) mass is 251 g/mol. The van der Waals surface area contributed by atoms with Gasteiger partial charge in [-0.05, 0) is 13.0 Å². The van der Waals surface area contributed by atoms with Crippen LogP contribution >= 0.6 is 0 Å². The maximum Gasteiger partial charge on any atom is 0.124 e. The van der Waals surface area contributed by atoms with Gasteiger partial charge in [0.1, 0.15) is 12.4 Å². The summed E-state index contributed by atoms with van der Waals surface area (Å²) in [6.45, 7) is 7.16. The van der Waals surface area contributed by atoms with Crippen LogP contribution < -0.4 is 4.74 Å². The van der Waals surface area contributed by atoms with Crippen LogP contribution in [0, 0.1) is 6.92 Å². The number of hydrogen-bond acceptors (Lipinski definition) is 4. The molecule has 0 amide bonds. The highest BCUT2D eigenvalue weighted by Crippen LogP contribution is 2.19. The minimum absolute atomic E-state index is 0.0224. The van der Waals surface area contributed by atoms with Gasteiger partial charge in [0.05, 0.1) is 19.8 Å². The molecule has 2 rings (SSSR count). The molecule has 0 aliphatic carbocycles. The molecule has 4 heteroatoms. The van der Waals surface area contributed by atoms with Crippen molar-refractivity contribution in [3.05, 3.63) is 29.3 Å². The Bertz CT molecular complexity index is 375. The Morgan fingerprint density at radius 1 is 1.33 bits per heavy atom. The van der Waals surface area contributed by atoms with Gasteiger partial charge in [-0.25, -0.2) is 0 Å². The van der Waals surface area contributed by atoms with Crippen molar-refractivity contribution in [2.75, 3.05) is 39.5 Å². The molecule has 1 N–H and O–H groups in total. The number of ether oxygens (including phenoxy) is 2. The van der Waals surface area contributed by atoms with E-state index in [0.29, 0.717) is 6.61 Å². The molecule has 1 aromatic carbocycles.